The van der Waals surface area contributed by atoms with Gasteiger partial charge in [0.25, 0.3) is 0 Å². The van der Waals surface area contributed by atoms with Gasteiger partial charge in [-0.3, -0.25) is 0 Å². The van der Waals surface area contributed by atoms with E-state index in [9.17, 15) is 0 Å². The van der Waals surface area contributed by atoms with Crippen molar-refractivity contribution in [3.8, 4) is 0 Å². The molecule has 1 aromatic heterocycles. The first-order valence-electron chi connectivity index (χ1n) is 6.06. The number of benzene rings is 1. The lowest BCUT2D eigenvalue weighted by Crippen LogP contribution is -2.22. The van der Waals surface area contributed by atoms with Crippen molar-refractivity contribution in [2.45, 2.75) is 19.4 Å². The predicted octanol–water partition coefficient (Wildman–Crippen LogP) is 5.91. The fourth-order valence-electron chi connectivity index (χ4n) is 1.87. The average molecular weight is 379 g/mol. The van der Waals surface area contributed by atoms with Crippen LogP contribution in [0.15, 0.2) is 34.8 Å². The molecule has 1 aromatic carbocycles. The average Bonchev–Trinajstić information content (AvgIpc) is 2.72. The molecule has 1 heterocycles. The van der Waals surface area contributed by atoms with Gasteiger partial charge in [-0.05, 0) is 46.6 Å². The molecule has 1 atom stereocenters. The Bertz CT molecular complexity index is 537. The molecule has 2 aromatic rings. The van der Waals surface area contributed by atoms with E-state index in [4.69, 9.17) is 23.2 Å². The third kappa shape index (κ3) is 3.73. The van der Waals surface area contributed by atoms with Crippen LogP contribution in [0.1, 0.15) is 29.8 Å². The smallest absolute Gasteiger partial charge is 0.107 e. The van der Waals surface area contributed by atoms with E-state index >= 15 is 0 Å². The van der Waals surface area contributed by atoms with Crippen molar-refractivity contribution in [1.82, 2.24) is 5.32 Å². The highest BCUT2D eigenvalue weighted by molar-refractivity contribution is 9.10. The summed E-state index contributed by atoms with van der Waals surface area (Å²) in [5.74, 6) is 0. The minimum Gasteiger partial charge on any atom is -0.306 e. The maximum Gasteiger partial charge on any atom is 0.107 e. The number of thiophene rings is 1. The molecule has 0 saturated heterocycles. The molecule has 0 aliphatic heterocycles. The molecule has 1 N–H and O–H groups in total. The van der Waals surface area contributed by atoms with Crippen molar-refractivity contribution in [2.24, 2.45) is 0 Å². The van der Waals surface area contributed by atoms with Crippen LogP contribution in [-0.2, 0) is 0 Å². The summed E-state index contributed by atoms with van der Waals surface area (Å²) in [5, 5.41) is 4.30. The van der Waals surface area contributed by atoms with Gasteiger partial charge in [-0.2, -0.15) is 0 Å². The minimum absolute atomic E-state index is 0.0856. The van der Waals surface area contributed by atoms with Crippen LogP contribution < -0.4 is 5.32 Å². The third-order valence-electron chi connectivity index (χ3n) is 2.76. The van der Waals surface area contributed by atoms with E-state index in [1.807, 2.05) is 18.2 Å². The van der Waals surface area contributed by atoms with Gasteiger partial charge in [0.15, 0.2) is 0 Å². The Labute approximate surface area is 136 Å². The number of halogens is 3. The molecule has 1 nitrogen and oxygen atoms in total. The largest absolute Gasteiger partial charge is 0.306 e. The summed E-state index contributed by atoms with van der Waals surface area (Å²) in [6, 6.07) is 10.1. The summed E-state index contributed by atoms with van der Waals surface area (Å²) in [7, 11) is 0. The minimum atomic E-state index is 0.0856. The summed E-state index contributed by atoms with van der Waals surface area (Å²) in [6.45, 7) is 3.08. The van der Waals surface area contributed by atoms with E-state index in [1.165, 1.54) is 4.88 Å². The number of hydrogen-bond donors (Lipinski definition) is 1. The normalized spacial score (nSPS) is 12.6. The Hall–Kier alpha value is -0.0600. The first-order valence-corrected chi connectivity index (χ1v) is 8.42. The van der Waals surface area contributed by atoms with Gasteiger partial charge in [0.1, 0.15) is 4.34 Å². The highest BCUT2D eigenvalue weighted by Gasteiger charge is 2.19. The van der Waals surface area contributed by atoms with Crippen molar-refractivity contribution >= 4 is 50.5 Å². The van der Waals surface area contributed by atoms with E-state index in [2.05, 4.69) is 40.3 Å². The van der Waals surface area contributed by atoms with Gasteiger partial charge in [-0.1, -0.05) is 48.3 Å². The third-order valence-corrected chi connectivity index (χ3v) is 5.65. The number of nitrogens with one attached hydrogen (secondary N) is 1. The molecular weight excluding hydrogens is 365 g/mol. The first-order chi connectivity index (χ1) is 9.13. The maximum absolute atomic E-state index is 6.31. The number of hydrogen-bond acceptors (Lipinski definition) is 2. The van der Waals surface area contributed by atoms with E-state index in [0.717, 1.165) is 32.4 Å². The van der Waals surface area contributed by atoms with Crippen LogP contribution in [0, 0.1) is 0 Å². The van der Waals surface area contributed by atoms with Gasteiger partial charge in [-0.15, -0.1) is 11.3 Å². The van der Waals surface area contributed by atoms with Gasteiger partial charge in [0.05, 0.1) is 6.04 Å². The Morgan fingerprint density at radius 2 is 2.05 bits per heavy atom. The monoisotopic (exact) mass is 377 g/mol. The summed E-state index contributed by atoms with van der Waals surface area (Å²) in [5.41, 5.74) is 1.09. The molecule has 0 aliphatic carbocycles. The zero-order valence-corrected chi connectivity index (χ0v) is 14.3. The van der Waals surface area contributed by atoms with Gasteiger partial charge >= 0.3 is 0 Å². The molecule has 0 radical (unpaired) electrons. The van der Waals surface area contributed by atoms with Crippen LogP contribution in [-0.4, -0.2) is 6.54 Å². The van der Waals surface area contributed by atoms with Crippen LogP contribution >= 0.6 is 50.5 Å². The van der Waals surface area contributed by atoms with Gasteiger partial charge in [0, 0.05) is 14.4 Å². The lowest BCUT2D eigenvalue weighted by molar-refractivity contribution is 0.606. The molecule has 102 valence electrons. The fraction of sp³-hybridized carbons (Fsp3) is 0.286. The molecule has 0 spiro atoms. The number of rotatable bonds is 5. The molecular formula is C14H14BrCl2NS. The Kier molecular flexibility index (Phi) is 5.72. The molecule has 0 saturated carbocycles. The summed E-state index contributed by atoms with van der Waals surface area (Å²) >= 11 is 17.5. The standard InChI is InChI=1S/C14H14BrCl2NS/c1-2-7-18-13(9-5-3-4-6-11(9)16)12-8-10(15)14(17)19-12/h3-6,8,13,18H,2,7H2,1H3. The second-order valence-electron chi connectivity index (χ2n) is 4.18. The summed E-state index contributed by atoms with van der Waals surface area (Å²) in [4.78, 5) is 1.17. The van der Waals surface area contributed by atoms with Crippen LogP contribution in [0.3, 0.4) is 0 Å². The summed E-state index contributed by atoms with van der Waals surface area (Å²) in [6.07, 6.45) is 1.07. The Balaban J connectivity index is 2.38. The molecule has 0 fully saturated rings. The Morgan fingerprint density at radius 1 is 1.32 bits per heavy atom. The predicted molar refractivity (Wildman–Crippen MR) is 88.6 cm³/mol. The van der Waals surface area contributed by atoms with Gasteiger partial charge in [0.2, 0.25) is 0 Å². The quantitative estimate of drug-likeness (QED) is 0.682. The van der Waals surface area contributed by atoms with Crippen molar-refractivity contribution < 1.29 is 0 Å². The zero-order chi connectivity index (χ0) is 13.8. The molecule has 19 heavy (non-hydrogen) atoms. The van der Waals surface area contributed by atoms with E-state index in [1.54, 1.807) is 11.3 Å². The van der Waals surface area contributed by atoms with Crippen molar-refractivity contribution in [2.75, 3.05) is 6.54 Å². The van der Waals surface area contributed by atoms with Crippen molar-refractivity contribution in [3.05, 3.63) is 54.6 Å². The van der Waals surface area contributed by atoms with Crippen LogP contribution in [0.2, 0.25) is 9.36 Å². The van der Waals surface area contributed by atoms with Crippen LogP contribution in [0.4, 0.5) is 0 Å². The lowest BCUT2D eigenvalue weighted by Gasteiger charge is -2.18. The highest BCUT2D eigenvalue weighted by atomic mass is 79.9. The van der Waals surface area contributed by atoms with E-state index < -0.39 is 0 Å². The highest BCUT2D eigenvalue weighted by Crippen LogP contribution is 2.38. The van der Waals surface area contributed by atoms with Crippen LogP contribution in [0.5, 0.6) is 0 Å². The topological polar surface area (TPSA) is 12.0 Å². The first kappa shape index (κ1) is 15.3. The summed E-state index contributed by atoms with van der Waals surface area (Å²) < 4.78 is 1.70. The molecule has 5 heteroatoms. The van der Waals surface area contributed by atoms with E-state index in [-0.39, 0.29) is 6.04 Å². The molecule has 0 amide bonds. The second-order valence-corrected chi connectivity index (χ2v) is 7.13. The Morgan fingerprint density at radius 3 is 2.63 bits per heavy atom. The lowest BCUT2D eigenvalue weighted by atomic mass is 10.1. The van der Waals surface area contributed by atoms with Crippen molar-refractivity contribution in [3.63, 3.8) is 0 Å². The maximum atomic E-state index is 6.31. The van der Waals surface area contributed by atoms with Crippen LogP contribution in [0.25, 0.3) is 0 Å². The van der Waals surface area contributed by atoms with E-state index in [0.29, 0.717) is 0 Å². The SMILES string of the molecule is CCCNC(c1cc(Br)c(Cl)s1)c1ccccc1Cl. The van der Waals surface area contributed by atoms with Gasteiger partial charge < -0.3 is 5.32 Å². The molecule has 0 bridgehead atoms. The van der Waals surface area contributed by atoms with Gasteiger partial charge in [-0.25, -0.2) is 0 Å². The second kappa shape index (κ2) is 7.09. The van der Waals surface area contributed by atoms with Crippen molar-refractivity contribution in [1.29, 1.82) is 0 Å². The zero-order valence-electron chi connectivity index (χ0n) is 10.4. The molecule has 0 aliphatic rings. The fourth-order valence-corrected chi connectivity index (χ4v) is 3.94. The molecule has 2 rings (SSSR count). The molecule has 1 unspecified atom stereocenters.